The second-order valence-electron chi connectivity index (χ2n) is 3.88. The highest BCUT2D eigenvalue weighted by Crippen LogP contribution is 2.18. The molecule has 0 heterocycles. The third-order valence-electron chi connectivity index (χ3n) is 2.47. The Morgan fingerprint density at radius 1 is 1.48 bits per heavy atom. The number of rotatable bonds is 8. The van der Waals surface area contributed by atoms with Crippen LogP contribution in [-0.4, -0.2) is 35.6 Å². The van der Waals surface area contributed by atoms with Crippen molar-refractivity contribution in [2.75, 3.05) is 19.7 Å². The van der Waals surface area contributed by atoms with Gasteiger partial charge in [-0.1, -0.05) is 11.8 Å². The summed E-state index contributed by atoms with van der Waals surface area (Å²) in [6.07, 6.45) is 1.09. The Morgan fingerprint density at radius 3 is 2.67 bits per heavy atom. The Hall–Kier alpha value is -2.77. The maximum absolute atomic E-state index is 10.9. The fourth-order valence-corrected chi connectivity index (χ4v) is 1.33. The molecule has 21 heavy (non-hydrogen) atoms. The van der Waals surface area contributed by atoms with Crippen LogP contribution in [0.4, 0.5) is 11.4 Å². The number of nitro groups is 1. The van der Waals surface area contributed by atoms with E-state index >= 15 is 0 Å². The Morgan fingerprint density at radius 2 is 2.14 bits per heavy atom. The minimum atomic E-state index is -0.488. The standard InChI is InChI=1S/C13H16N4O4/c1-3-13(18)21-10-9-16(4-2)15-14-11-5-7-12(8-6-11)17(19)20/h3,5-8H,1,4,9-10H2,2H3. The maximum Gasteiger partial charge on any atom is 0.330 e. The van der Waals surface area contributed by atoms with Crippen molar-refractivity contribution in [3.05, 3.63) is 47.0 Å². The molecule has 1 rings (SSSR count). The Bertz CT molecular complexity index is 527. The van der Waals surface area contributed by atoms with Crippen LogP contribution in [0.3, 0.4) is 0 Å². The van der Waals surface area contributed by atoms with Gasteiger partial charge in [0.25, 0.3) is 5.69 Å². The van der Waals surface area contributed by atoms with Gasteiger partial charge in [-0.3, -0.25) is 15.1 Å². The molecule has 112 valence electrons. The molecule has 1 aromatic carbocycles. The molecule has 1 aromatic rings. The van der Waals surface area contributed by atoms with E-state index in [1.54, 1.807) is 5.01 Å². The molecular formula is C13H16N4O4. The fourth-order valence-electron chi connectivity index (χ4n) is 1.33. The zero-order valence-electron chi connectivity index (χ0n) is 11.6. The monoisotopic (exact) mass is 292 g/mol. The minimum Gasteiger partial charge on any atom is -0.461 e. The van der Waals surface area contributed by atoms with E-state index < -0.39 is 10.9 Å². The van der Waals surface area contributed by atoms with Gasteiger partial charge in [-0.15, -0.1) is 5.11 Å². The van der Waals surface area contributed by atoms with E-state index in [1.165, 1.54) is 24.3 Å². The van der Waals surface area contributed by atoms with Crippen molar-refractivity contribution < 1.29 is 14.5 Å². The van der Waals surface area contributed by atoms with E-state index in [1.807, 2.05) is 6.92 Å². The number of ether oxygens (including phenoxy) is 1. The smallest absolute Gasteiger partial charge is 0.330 e. The highest BCUT2D eigenvalue weighted by Gasteiger charge is 2.04. The normalized spacial score (nSPS) is 10.3. The Balaban J connectivity index is 2.53. The fraction of sp³-hybridized carbons (Fsp3) is 0.308. The van der Waals surface area contributed by atoms with E-state index in [0.717, 1.165) is 6.08 Å². The number of nitro benzene ring substituents is 1. The van der Waals surface area contributed by atoms with Crippen LogP contribution in [0.1, 0.15) is 6.92 Å². The average molecular weight is 292 g/mol. The predicted molar refractivity (Wildman–Crippen MR) is 76.0 cm³/mol. The SMILES string of the molecule is C=CC(=O)OCCN(CC)N=Nc1ccc([N+](=O)[O-])cc1. The largest absolute Gasteiger partial charge is 0.461 e. The zero-order valence-corrected chi connectivity index (χ0v) is 11.6. The van der Waals surface area contributed by atoms with Gasteiger partial charge < -0.3 is 4.74 Å². The van der Waals surface area contributed by atoms with Gasteiger partial charge in [0, 0.05) is 24.8 Å². The summed E-state index contributed by atoms with van der Waals surface area (Å²) in [6, 6.07) is 5.73. The van der Waals surface area contributed by atoms with E-state index in [4.69, 9.17) is 4.74 Å². The first-order valence-corrected chi connectivity index (χ1v) is 6.27. The van der Waals surface area contributed by atoms with Crippen LogP contribution >= 0.6 is 0 Å². The van der Waals surface area contributed by atoms with Crippen molar-refractivity contribution in [3.63, 3.8) is 0 Å². The number of esters is 1. The van der Waals surface area contributed by atoms with Crippen LogP contribution in [0.15, 0.2) is 47.3 Å². The number of non-ortho nitro benzene ring substituents is 1. The zero-order chi connectivity index (χ0) is 15.7. The van der Waals surface area contributed by atoms with Gasteiger partial charge in [-0.25, -0.2) is 4.79 Å². The summed E-state index contributed by atoms with van der Waals surface area (Å²) in [7, 11) is 0. The van der Waals surface area contributed by atoms with Crippen molar-refractivity contribution in [2.45, 2.75) is 6.92 Å². The third-order valence-corrected chi connectivity index (χ3v) is 2.47. The Labute approximate surface area is 121 Å². The van der Waals surface area contributed by atoms with Crippen molar-refractivity contribution in [3.8, 4) is 0 Å². The molecule has 0 aliphatic heterocycles. The van der Waals surface area contributed by atoms with Crippen LogP contribution in [-0.2, 0) is 9.53 Å². The number of benzene rings is 1. The first kappa shape index (κ1) is 16.3. The number of likely N-dealkylation sites (N-methyl/N-ethyl adjacent to an activating group) is 1. The molecule has 0 fully saturated rings. The number of hydrogen-bond acceptors (Lipinski definition) is 6. The Kier molecular flexibility index (Phi) is 6.52. The second-order valence-corrected chi connectivity index (χ2v) is 3.88. The van der Waals surface area contributed by atoms with Crippen LogP contribution in [0.25, 0.3) is 0 Å². The first-order chi connectivity index (χ1) is 10.1. The van der Waals surface area contributed by atoms with Crippen molar-refractivity contribution in [2.24, 2.45) is 10.3 Å². The molecule has 0 radical (unpaired) electrons. The molecule has 0 aliphatic carbocycles. The second kappa shape index (κ2) is 8.41. The molecule has 8 heteroatoms. The molecule has 0 unspecified atom stereocenters. The average Bonchev–Trinajstić information content (AvgIpc) is 2.50. The molecule has 8 nitrogen and oxygen atoms in total. The summed E-state index contributed by atoms with van der Waals surface area (Å²) < 4.78 is 4.84. The molecule has 0 amide bonds. The maximum atomic E-state index is 10.9. The van der Waals surface area contributed by atoms with Gasteiger partial charge >= 0.3 is 5.97 Å². The van der Waals surface area contributed by atoms with Gasteiger partial charge in [0.1, 0.15) is 6.61 Å². The first-order valence-electron chi connectivity index (χ1n) is 6.27. The van der Waals surface area contributed by atoms with Crippen LogP contribution in [0.5, 0.6) is 0 Å². The van der Waals surface area contributed by atoms with Crippen molar-refractivity contribution >= 4 is 17.3 Å². The van der Waals surface area contributed by atoms with Crippen LogP contribution in [0.2, 0.25) is 0 Å². The summed E-state index contributed by atoms with van der Waals surface area (Å²) in [4.78, 5) is 20.9. The summed E-state index contributed by atoms with van der Waals surface area (Å²) in [5.41, 5.74) is 0.500. The summed E-state index contributed by atoms with van der Waals surface area (Å²) in [6.45, 7) is 6.33. The number of carbonyl (C=O) groups excluding carboxylic acids is 1. The lowest BCUT2D eigenvalue weighted by atomic mass is 10.3. The van der Waals surface area contributed by atoms with Crippen LogP contribution in [0, 0.1) is 10.1 Å². The highest BCUT2D eigenvalue weighted by molar-refractivity contribution is 5.81. The van der Waals surface area contributed by atoms with E-state index in [9.17, 15) is 14.9 Å². The summed E-state index contributed by atoms with van der Waals surface area (Å²) in [5, 5.41) is 20.1. The molecule has 0 aliphatic rings. The molecule has 0 bridgehead atoms. The predicted octanol–water partition coefficient (Wildman–Crippen LogP) is 2.64. The van der Waals surface area contributed by atoms with E-state index in [2.05, 4.69) is 16.9 Å². The van der Waals surface area contributed by atoms with Crippen LogP contribution < -0.4 is 0 Å². The van der Waals surface area contributed by atoms with Gasteiger partial charge in [-0.05, 0) is 19.1 Å². The molecule has 0 saturated heterocycles. The summed E-state index contributed by atoms with van der Waals surface area (Å²) in [5.74, 6) is -0.488. The van der Waals surface area contributed by atoms with E-state index in [0.29, 0.717) is 18.8 Å². The van der Waals surface area contributed by atoms with Gasteiger partial charge in [0.05, 0.1) is 17.2 Å². The molecule has 0 N–H and O–H groups in total. The van der Waals surface area contributed by atoms with E-state index in [-0.39, 0.29) is 12.3 Å². The third kappa shape index (κ3) is 5.81. The van der Waals surface area contributed by atoms with Gasteiger partial charge in [0.15, 0.2) is 0 Å². The lowest BCUT2D eigenvalue weighted by Crippen LogP contribution is -2.22. The summed E-state index contributed by atoms with van der Waals surface area (Å²) >= 11 is 0. The van der Waals surface area contributed by atoms with Gasteiger partial charge in [0.2, 0.25) is 0 Å². The van der Waals surface area contributed by atoms with Gasteiger partial charge in [-0.2, -0.15) is 0 Å². The minimum absolute atomic E-state index is 0.00219. The molecule has 0 atom stereocenters. The molecule has 0 saturated carbocycles. The quantitative estimate of drug-likeness (QED) is 0.241. The lowest BCUT2D eigenvalue weighted by Gasteiger charge is -2.14. The number of nitrogens with zero attached hydrogens (tertiary/aromatic N) is 4. The topological polar surface area (TPSA) is 97.4 Å². The van der Waals surface area contributed by atoms with Crippen molar-refractivity contribution in [1.29, 1.82) is 0 Å². The molecule has 0 spiro atoms. The molecular weight excluding hydrogens is 276 g/mol. The highest BCUT2D eigenvalue weighted by atomic mass is 16.6. The lowest BCUT2D eigenvalue weighted by molar-refractivity contribution is -0.384. The number of hydrogen-bond donors (Lipinski definition) is 0. The van der Waals surface area contributed by atoms with Crippen molar-refractivity contribution in [1.82, 2.24) is 5.01 Å². The molecule has 0 aromatic heterocycles. The number of carbonyl (C=O) groups is 1.